The molecule has 6 nitrogen and oxygen atoms in total. The first-order valence-electron chi connectivity index (χ1n) is 9.14. The molecule has 9 heteroatoms. The van der Waals surface area contributed by atoms with E-state index in [1.807, 2.05) is 30.3 Å². The lowest BCUT2D eigenvalue weighted by molar-refractivity contribution is -0.137. The Morgan fingerprint density at radius 3 is 2.52 bits per heavy atom. The van der Waals surface area contributed by atoms with Gasteiger partial charge in [-0.2, -0.15) is 13.2 Å². The summed E-state index contributed by atoms with van der Waals surface area (Å²) in [6.07, 6.45) is -5.41. The van der Waals surface area contributed by atoms with Gasteiger partial charge in [0.25, 0.3) is 0 Å². The normalized spacial score (nSPS) is 20.3. The molecule has 3 unspecified atom stereocenters. The van der Waals surface area contributed by atoms with E-state index >= 15 is 0 Å². The molecule has 0 bridgehead atoms. The monoisotopic (exact) mass is 409 g/mol. The molecule has 1 aliphatic heterocycles. The highest BCUT2D eigenvalue weighted by Crippen LogP contribution is 2.30. The molecular formula is C20H22F3N3O3. The van der Waals surface area contributed by atoms with Crippen molar-refractivity contribution >= 4 is 5.91 Å². The van der Waals surface area contributed by atoms with E-state index in [0.29, 0.717) is 6.54 Å². The van der Waals surface area contributed by atoms with Gasteiger partial charge in [-0.1, -0.05) is 30.3 Å². The van der Waals surface area contributed by atoms with Crippen molar-refractivity contribution in [2.24, 2.45) is 5.92 Å². The van der Waals surface area contributed by atoms with Crippen molar-refractivity contribution in [2.75, 3.05) is 19.7 Å². The predicted molar refractivity (Wildman–Crippen MR) is 99.8 cm³/mol. The molecule has 1 aliphatic rings. The fourth-order valence-corrected chi connectivity index (χ4v) is 3.06. The van der Waals surface area contributed by atoms with Crippen molar-refractivity contribution < 1.29 is 27.8 Å². The Morgan fingerprint density at radius 2 is 1.86 bits per heavy atom. The van der Waals surface area contributed by atoms with Crippen LogP contribution in [0.1, 0.15) is 17.2 Å². The van der Waals surface area contributed by atoms with Crippen LogP contribution in [-0.2, 0) is 11.0 Å². The van der Waals surface area contributed by atoms with Gasteiger partial charge in [-0.25, -0.2) is 5.43 Å². The van der Waals surface area contributed by atoms with Crippen molar-refractivity contribution in [1.29, 1.82) is 0 Å². The second kappa shape index (κ2) is 9.25. The van der Waals surface area contributed by atoms with Crippen molar-refractivity contribution in [3.05, 3.63) is 65.7 Å². The molecule has 0 aromatic heterocycles. The third-order valence-electron chi connectivity index (χ3n) is 4.61. The fraction of sp³-hybridized carbons (Fsp3) is 0.350. The van der Waals surface area contributed by atoms with Crippen molar-refractivity contribution in [2.45, 2.75) is 18.3 Å². The number of aliphatic hydroxyl groups excluding tert-OH is 1. The maximum Gasteiger partial charge on any atom is 0.416 e. The van der Waals surface area contributed by atoms with Gasteiger partial charge < -0.3 is 15.2 Å². The van der Waals surface area contributed by atoms with E-state index in [1.54, 1.807) is 0 Å². The third kappa shape index (κ3) is 5.69. The number of carbonyl (C=O) groups excluding carboxylic acids is 1. The Bertz CT molecular complexity index is 800. The summed E-state index contributed by atoms with van der Waals surface area (Å²) in [4.78, 5) is 12.5. The van der Waals surface area contributed by atoms with Crippen LogP contribution in [0.15, 0.2) is 54.6 Å². The number of nitrogens with one attached hydrogen (secondary N) is 3. The molecule has 2 aromatic rings. The lowest BCUT2D eigenvalue weighted by Crippen LogP contribution is -2.40. The van der Waals surface area contributed by atoms with Gasteiger partial charge in [-0.15, -0.1) is 0 Å². The van der Waals surface area contributed by atoms with Gasteiger partial charge in [0.2, 0.25) is 5.91 Å². The Balaban J connectivity index is 1.45. The minimum atomic E-state index is -4.41. The van der Waals surface area contributed by atoms with Gasteiger partial charge in [0.05, 0.1) is 17.5 Å². The van der Waals surface area contributed by atoms with Crippen LogP contribution in [0.3, 0.4) is 0 Å². The van der Waals surface area contributed by atoms with E-state index in [9.17, 15) is 23.1 Å². The summed E-state index contributed by atoms with van der Waals surface area (Å²) in [5.41, 5.74) is 6.25. The standard InChI is InChI=1S/C20H22F3N3O3/c21-20(22,23)14-6-8-16(9-7-14)29-12-15(27)10-24-19(28)17-11-25-26-18(17)13-4-2-1-3-5-13/h1-9,15,17-18,25-27H,10-12H2,(H,24,28). The maximum absolute atomic E-state index is 12.5. The smallest absolute Gasteiger partial charge is 0.416 e. The Morgan fingerprint density at radius 1 is 1.17 bits per heavy atom. The molecule has 0 spiro atoms. The van der Waals surface area contributed by atoms with Crippen molar-refractivity contribution in [1.82, 2.24) is 16.2 Å². The molecule has 0 aliphatic carbocycles. The number of aliphatic hydroxyl groups is 1. The Labute approximate surface area is 166 Å². The van der Waals surface area contributed by atoms with Gasteiger partial charge in [0.15, 0.2) is 0 Å². The SMILES string of the molecule is O=C(NCC(O)COc1ccc(C(F)(F)F)cc1)C1CNNC1c1ccccc1. The van der Waals surface area contributed by atoms with E-state index in [0.717, 1.165) is 17.7 Å². The van der Waals surface area contributed by atoms with Crippen LogP contribution in [0.5, 0.6) is 5.75 Å². The summed E-state index contributed by atoms with van der Waals surface area (Å²) in [5, 5.41) is 12.7. The summed E-state index contributed by atoms with van der Waals surface area (Å²) < 4.78 is 42.9. The molecule has 3 rings (SSSR count). The molecule has 156 valence electrons. The molecule has 1 amide bonds. The van der Waals surface area contributed by atoms with Gasteiger partial charge in [0.1, 0.15) is 18.5 Å². The fourth-order valence-electron chi connectivity index (χ4n) is 3.06. The number of amides is 1. The van der Waals surface area contributed by atoms with Crippen LogP contribution in [0, 0.1) is 5.92 Å². The van der Waals surface area contributed by atoms with Crippen LogP contribution in [0.25, 0.3) is 0 Å². The van der Waals surface area contributed by atoms with Crippen molar-refractivity contribution in [3.8, 4) is 5.75 Å². The largest absolute Gasteiger partial charge is 0.491 e. The quantitative estimate of drug-likeness (QED) is 0.563. The number of halogens is 3. The lowest BCUT2D eigenvalue weighted by Gasteiger charge is -2.19. The zero-order valence-electron chi connectivity index (χ0n) is 15.4. The summed E-state index contributed by atoms with van der Waals surface area (Å²) in [5.74, 6) is -0.359. The summed E-state index contributed by atoms with van der Waals surface area (Å²) in [6, 6.07) is 13.6. The number of hydrazine groups is 1. The van der Waals surface area contributed by atoms with Gasteiger partial charge in [-0.3, -0.25) is 10.2 Å². The van der Waals surface area contributed by atoms with Crippen LogP contribution in [-0.4, -0.2) is 36.8 Å². The van der Waals surface area contributed by atoms with E-state index < -0.39 is 17.8 Å². The van der Waals surface area contributed by atoms with E-state index in [2.05, 4.69) is 16.2 Å². The number of carbonyl (C=O) groups is 1. The number of rotatable bonds is 7. The Kier molecular flexibility index (Phi) is 6.73. The zero-order chi connectivity index (χ0) is 20.9. The second-order valence-corrected chi connectivity index (χ2v) is 6.75. The molecule has 29 heavy (non-hydrogen) atoms. The third-order valence-corrected chi connectivity index (χ3v) is 4.61. The predicted octanol–water partition coefficient (Wildman–Crippen LogP) is 2.03. The maximum atomic E-state index is 12.5. The lowest BCUT2D eigenvalue weighted by atomic mass is 9.94. The first-order chi connectivity index (χ1) is 13.8. The number of benzene rings is 2. The van der Waals surface area contributed by atoms with E-state index in [4.69, 9.17) is 4.74 Å². The molecule has 0 radical (unpaired) electrons. The molecule has 0 saturated carbocycles. The minimum absolute atomic E-state index is 0.0303. The number of hydrogen-bond donors (Lipinski definition) is 4. The average Bonchev–Trinajstić information content (AvgIpc) is 3.21. The first kappa shape index (κ1) is 21.1. The van der Waals surface area contributed by atoms with E-state index in [-0.39, 0.29) is 36.8 Å². The molecule has 3 atom stereocenters. The molecule has 1 fully saturated rings. The van der Waals surface area contributed by atoms with Crippen LogP contribution < -0.4 is 20.9 Å². The molecule has 1 saturated heterocycles. The summed E-state index contributed by atoms with van der Waals surface area (Å²) >= 11 is 0. The highest BCUT2D eigenvalue weighted by molar-refractivity contribution is 5.80. The van der Waals surface area contributed by atoms with Crippen LogP contribution >= 0.6 is 0 Å². The second-order valence-electron chi connectivity index (χ2n) is 6.75. The van der Waals surface area contributed by atoms with E-state index in [1.165, 1.54) is 12.1 Å². The van der Waals surface area contributed by atoms with Crippen LogP contribution in [0.2, 0.25) is 0 Å². The van der Waals surface area contributed by atoms with Crippen LogP contribution in [0.4, 0.5) is 13.2 Å². The first-order valence-corrected chi connectivity index (χ1v) is 9.14. The molecular weight excluding hydrogens is 387 g/mol. The minimum Gasteiger partial charge on any atom is -0.491 e. The molecule has 1 heterocycles. The highest BCUT2D eigenvalue weighted by atomic mass is 19.4. The number of ether oxygens (including phenoxy) is 1. The molecule has 4 N–H and O–H groups in total. The van der Waals surface area contributed by atoms with Gasteiger partial charge in [-0.05, 0) is 29.8 Å². The van der Waals surface area contributed by atoms with Crippen molar-refractivity contribution in [3.63, 3.8) is 0 Å². The number of alkyl halides is 3. The van der Waals surface area contributed by atoms with Gasteiger partial charge in [0, 0.05) is 13.1 Å². The summed E-state index contributed by atoms with van der Waals surface area (Å²) in [7, 11) is 0. The molecule has 2 aromatic carbocycles. The summed E-state index contributed by atoms with van der Waals surface area (Å²) in [6.45, 7) is 0.260. The number of hydrogen-bond acceptors (Lipinski definition) is 5. The Hall–Kier alpha value is -2.62. The average molecular weight is 409 g/mol. The van der Waals surface area contributed by atoms with Gasteiger partial charge >= 0.3 is 6.18 Å². The highest BCUT2D eigenvalue weighted by Gasteiger charge is 2.34. The topological polar surface area (TPSA) is 82.6 Å². The zero-order valence-corrected chi connectivity index (χ0v) is 15.4.